The Balaban J connectivity index is 1.82. The van der Waals surface area contributed by atoms with Gasteiger partial charge in [0.25, 0.3) is 0 Å². The number of alkyl halides is 3. The molecule has 0 aliphatic carbocycles. The van der Waals surface area contributed by atoms with Crippen molar-refractivity contribution in [3.63, 3.8) is 0 Å². The number of benzene rings is 2. The number of nitrogens with one attached hydrogen (secondary N) is 1. The topological polar surface area (TPSA) is 28.7 Å². The number of hydrogen-bond donors (Lipinski definition) is 1. The highest BCUT2D eigenvalue weighted by Crippen LogP contribution is 2.32. The number of imidazole rings is 1. The van der Waals surface area contributed by atoms with Crippen molar-refractivity contribution in [3.05, 3.63) is 77.9 Å². The molecule has 0 spiro atoms. The van der Waals surface area contributed by atoms with Gasteiger partial charge in [0.15, 0.2) is 0 Å². The highest BCUT2D eigenvalue weighted by atomic mass is 19.4. The molecular weight excluding hydrogens is 301 g/mol. The second-order valence-electron chi connectivity index (χ2n) is 5.01. The molecular formula is C18H13F3N2. The first-order valence-electron chi connectivity index (χ1n) is 6.97. The average molecular weight is 314 g/mol. The number of halogens is 3. The summed E-state index contributed by atoms with van der Waals surface area (Å²) in [7, 11) is 0. The van der Waals surface area contributed by atoms with Gasteiger partial charge in [0.2, 0.25) is 0 Å². The molecule has 0 aliphatic heterocycles. The standard InChI is InChI=1S/C18H13F3N2/c19-18(20,21)16-3-1-2-15(12-16)14-7-4-13(5-8-14)6-9-17-22-10-11-23-17/h1-12H,(H,22,23)/b9-6+. The Morgan fingerprint density at radius 3 is 2.35 bits per heavy atom. The quantitative estimate of drug-likeness (QED) is 0.701. The maximum absolute atomic E-state index is 12.8. The molecule has 0 aliphatic rings. The van der Waals surface area contributed by atoms with E-state index in [0.29, 0.717) is 5.56 Å². The average Bonchev–Trinajstić information content (AvgIpc) is 3.06. The Morgan fingerprint density at radius 2 is 1.70 bits per heavy atom. The Morgan fingerprint density at radius 1 is 0.913 bits per heavy atom. The molecule has 116 valence electrons. The summed E-state index contributed by atoms with van der Waals surface area (Å²) in [6.45, 7) is 0. The van der Waals surface area contributed by atoms with Crippen molar-refractivity contribution >= 4 is 12.2 Å². The van der Waals surface area contributed by atoms with E-state index in [1.807, 2.05) is 24.3 Å². The predicted molar refractivity (Wildman–Crippen MR) is 84.4 cm³/mol. The van der Waals surface area contributed by atoms with E-state index >= 15 is 0 Å². The highest BCUT2D eigenvalue weighted by Gasteiger charge is 2.30. The van der Waals surface area contributed by atoms with Gasteiger partial charge in [0.05, 0.1) is 5.56 Å². The van der Waals surface area contributed by atoms with Crippen LogP contribution in [-0.2, 0) is 6.18 Å². The van der Waals surface area contributed by atoms with Crippen molar-refractivity contribution in [1.82, 2.24) is 9.97 Å². The van der Waals surface area contributed by atoms with Gasteiger partial charge in [-0.25, -0.2) is 4.98 Å². The van der Waals surface area contributed by atoms with Crippen LogP contribution < -0.4 is 0 Å². The fraction of sp³-hybridized carbons (Fsp3) is 0.0556. The molecule has 1 N–H and O–H groups in total. The normalized spacial score (nSPS) is 12.0. The third-order valence-electron chi connectivity index (χ3n) is 3.39. The third kappa shape index (κ3) is 3.69. The minimum atomic E-state index is -4.33. The highest BCUT2D eigenvalue weighted by molar-refractivity contribution is 5.70. The zero-order chi connectivity index (χ0) is 16.3. The first-order valence-corrected chi connectivity index (χ1v) is 6.97. The number of aromatic nitrogens is 2. The van der Waals surface area contributed by atoms with E-state index < -0.39 is 11.7 Å². The summed E-state index contributed by atoms with van der Waals surface area (Å²) in [4.78, 5) is 7.04. The lowest BCUT2D eigenvalue weighted by atomic mass is 10.0. The van der Waals surface area contributed by atoms with Crippen molar-refractivity contribution < 1.29 is 13.2 Å². The molecule has 5 heteroatoms. The molecule has 3 aromatic rings. The van der Waals surface area contributed by atoms with Crippen molar-refractivity contribution in [2.45, 2.75) is 6.18 Å². The van der Waals surface area contributed by atoms with E-state index in [-0.39, 0.29) is 0 Å². The summed E-state index contributed by atoms with van der Waals surface area (Å²) < 4.78 is 38.3. The molecule has 0 radical (unpaired) electrons. The summed E-state index contributed by atoms with van der Waals surface area (Å²) in [6.07, 6.45) is 2.78. The summed E-state index contributed by atoms with van der Waals surface area (Å²) in [5.41, 5.74) is 1.58. The summed E-state index contributed by atoms with van der Waals surface area (Å²) >= 11 is 0. The second-order valence-corrected chi connectivity index (χ2v) is 5.01. The van der Waals surface area contributed by atoms with E-state index in [1.165, 1.54) is 6.07 Å². The lowest BCUT2D eigenvalue weighted by Gasteiger charge is -2.09. The van der Waals surface area contributed by atoms with Crippen LogP contribution in [-0.4, -0.2) is 9.97 Å². The number of rotatable bonds is 3. The minimum absolute atomic E-state index is 0.543. The molecule has 0 saturated heterocycles. The molecule has 0 saturated carbocycles. The monoisotopic (exact) mass is 314 g/mol. The summed E-state index contributed by atoms with van der Waals surface area (Å²) in [6, 6.07) is 12.6. The Labute approximate surface area is 131 Å². The van der Waals surface area contributed by atoms with Crippen molar-refractivity contribution in [1.29, 1.82) is 0 Å². The van der Waals surface area contributed by atoms with E-state index in [4.69, 9.17) is 0 Å². The van der Waals surface area contributed by atoms with Gasteiger partial charge in [-0.05, 0) is 34.9 Å². The molecule has 0 amide bonds. The summed E-state index contributed by atoms with van der Waals surface area (Å²) in [5, 5.41) is 0. The van der Waals surface area contributed by atoms with Crippen LogP contribution in [0.1, 0.15) is 17.0 Å². The molecule has 2 aromatic carbocycles. The van der Waals surface area contributed by atoms with Crippen LogP contribution in [0.2, 0.25) is 0 Å². The Kier molecular flexibility index (Phi) is 4.02. The van der Waals surface area contributed by atoms with Gasteiger partial charge in [-0.15, -0.1) is 0 Å². The van der Waals surface area contributed by atoms with Gasteiger partial charge in [0.1, 0.15) is 5.82 Å². The van der Waals surface area contributed by atoms with Gasteiger partial charge in [-0.3, -0.25) is 0 Å². The van der Waals surface area contributed by atoms with Gasteiger partial charge < -0.3 is 4.98 Å². The van der Waals surface area contributed by atoms with Crippen molar-refractivity contribution in [2.75, 3.05) is 0 Å². The number of nitrogens with zero attached hydrogens (tertiary/aromatic N) is 1. The third-order valence-corrected chi connectivity index (χ3v) is 3.39. The lowest BCUT2D eigenvalue weighted by Crippen LogP contribution is -2.04. The minimum Gasteiger partial charge on any atom is -0.345 e. The van der Waals surface area contributed by atoms with Crippen LogP contribution in [0, 0.1) is 0 Å². The van der Waals surface area contributed by atoms with E-state index in [2.05, 4.69) is 9.97 Å². The van der Waals surface area contributed by atoms with Gasteiger partial charge in [-0.1, -0.05) is 42.5 Å². The maximum atomic E-state index is 12.8. The first-order chi connectivity index (χ1) is 11.0. The number of aromatic amines is 1. The first kappa shape index (κ1) is 15.1. The fourth-order valence-corrected chi connectivity index (χ4v) is 2.21. The zero-order valence-electron chi connectivity index (χ0n) is 12.0. The smallest absolute Gasteiger partial charge is 0.345 e. The molecule has 0 atom stereocenters. The Bertz CT molecular complexity index is 801. The van der Waals surface area contributed by atoms with E-state index in [9.17, 15) is 13.2 Å². The molecule has 0 fully saturated rings. The number of hydrogen-bond acceptors (Lipinski definition) is 1. The maximum Gasteiger partial charge on any atom is 0.416 e. The Hall–Kier alpha value is -2.82. The van der Waals surface area contributed by atoms with Crippen LogP contribution in [0.25, 0.3) is 23.3 Å². The van der Waals surface area contributed by atoms with Crippen molar-refractivity contribution in [3.8, 4) is 11.1 Å². The molecule has 0 unspecified atom stereocenters. The molecule has 2 nitrogen and oxygen atoms in total. The van der Waals surface area contributed by atoms with Crippen molar-refractivity contribution in [2.24, 2.45) is 0 Å². The molecule has 23 heavy (non-hydrogen) atoms. The fourth-order valence-electron chi connectivity index (χ4n) is 2.21. The predicted octanol–water partition coefficient (Wildman–Crippen LogP) is 5.27. The SMILES string of the molecule is FC(F)(F)c1cccc(-c2ccc(/C=C/c3ncc[nH]3)cc2)c1. The molecule has 0 bridgehead atoms. The van der Waals surface area contributed by atoms with Gasteiger partial charge in [-0.2, -0.15) is 13.2 Å². The lowest BCUT2D eigenvalue weighted by molar-refractivity contribution is -0.137. The van der Waals surface area contributed by atoms with Crippen LogP contribution in [0.3, 0.4) is 0 Å². The largest absolute Gasteiger partial charge is 0.416 e. The van der Waals surface area contributed by atoms with Crippen LogP contribution in [0.4, 0.5) is 13.2 Å². The van der Waals surface area contributed by atoms with Gasteiger partial charge in [0, 0.05) is 12.4 Å². The molecule has 1 aromatic heterocycles. The van der Waals surface area contributed by atoms with Crippen LogP contribution in [0.15, 0.2) is 60.9 Å². The second kappa shape index (κ2) is 6.12. The van der Waals surface area contributed by atoms with E-state index in [0.717, 1.165) is 29.1 Å². The number of H-pyrrole nitrogens is 1. The molecule has 1 heterocycles. The zero-order valence-corrected chi connectivity index (χ0v) is 12.0. The summed E-state index contributed by atoms with van der Waals surface area (Å²) in [5.74, 6) is 0.743. The molecule has 3 rings (SSSR count). The van der Waals surface area contributed by atoms with Crippen LogP contribution in [0.5, 0.6) is 0 Å². The van der Waals surface area contributed by atoms with Gasteiger partial charge >= 0.3 is 6.18 Å². The van der Waals surface area contributed by atoms with E-state index in [1.54, 1.807) is 30.6 Å². The van der Waals surface area contributed by atoms with Crippen LogP contribution >= 0.6 is 0 Å².